The molecule has 2 aromatic carbocycles. The number of amides is 3. The van der Waals surface area contributed by atoms with Gasteiger partial charge >= 0.3 is 12.0 Å². The number of carboxylic acid groups (broad SMARTS) is 1. The number of likely N-dealkylation sites (N-methyl/N-ethyl adjacent to an activating group) is 1. The number of rotatable bonds is 7. The lowest BCUT2D eigenvalue weighted by Crippen LogP contribution is -2.55. The summed E-state index contributed by atoms with van der Waals surface area (Å²) in [5.74, 6) is -1.65. The quantitative estimate of drug-likeness (QED) is 0.540. The molecular weight excluding hydrogens is 438 g/mol. The van der Waals surface area contributed by atoms with Crippen LogP contribution in [0.3, 0.4) is 0 Å². The molecule has 0 aromatic heterocycles. The van der Waals surface area contributed by atoms with Crippen molar-refractivity contribution in [3.8, 4) is 16.9 Å². The summed E-state index contributed by atoms with van der Waals surface area (Å²) in [6.07, 6.45) is 2.12. The summed E-state index contributed by atoms with van der Waals surface area (Å²) in [6, 6.07) is 8.04. The number of hydrogen-bond donors (Lipinski definition) is 3. The molecule has 1 heterocycles. The number of carbonyl (C=O) groups is 4. The molecule has 0 bridgehead atoms. The molecule has 3 rings (SSSR count). The highest BCUT2D eigenvalue weighted by atomic mass is 16.5. The molecule has 3 amide bonds. The number of ether oxygens (including phenoxy) is 1. The Morgan fingerprint density at radius 2 is 1.85 bits per heavy atom. The molecule has 178 valence electrons. The Morgan fingerprint density at radius 1 is 1.15 bits per heavy atom. The van der Waals surface area contributed by atoms with Gasteiger partial charge in [0, 0.05) is 24.9 Å². The van der Waals surface area contributed by atoms with E-state index in [1.165, 1.54) is 24.2 Å². The highest BCUT2D eigenvalue weighted by Crippen LogP contribution is 2.38. The highest BCUT2D eigenvalue weighted by molar-refractivity contribution is 6.14. The zero-order chi connectivity index (χ0) is 25.0. The van der Waals surface area contributed by atoms with Crippen LogP contribution in [-0.2, 0) is 14.4 Å². The Hall–Kier alpha value is -4.14. The van der Waals surface area contributed by atoms with Gasteiger partial charge in [0.25, 0.3) is 5.91 Å². The Balaban J connectivity index is 1.96. The predicted octanol–water partition coefficient (Wildman–Crippen LogP) is 2.72. The topological polar surface area (TPSA) is 125 Å². The zero-order valence-electron chi connectivity index (χ0n) is 19.4. The molecule has 1 aliphatic heterocycles. The maximum Gasteiger partial charge on any atom is 0.316 e. The van der Waals surface area contributed by atoms with E-state index in [1.807, 2.05) is 38.1 Å². The van der Waals surface area contributed by atoms with Crippen LogP contribution >= 0.6 is 0 Å². The minimum atomic E-state index is -1.38. The Morgan fingerprint density at radius 3 is 2.50 bits per heavy atom. The number of hydrogen-bond acceptors (Lipinski definition) is 5. The number of nitrogens with one attached hydrogen (secondary N) is 2. The Bertz CT molecular complexity index is 1170. The van der Waals surface area contributed by atoms with Crippen LogP contribution in [0.1, 0.15) is 29.2 Å². The molecule has 2 aromatic rings. The van der Waals surface area contributed by atoms with Crippen LogP contribution in [0.15, 0.2) is 48.7 Å². The van der Waals surface area contributed by atoms with E-state index in [1.54, 1.807) is 19.2 Å². The second-order valence-corrected chi connectivity index (χ2v) is 8.04. The number of carbonyl (C=O) groups excluding carboxylic acids is 3. The van der Waals surface area contributed by atoms with Gasteiger partial charge in [-0.3, -0.25) is 14.4 Å². The average Bonchev–Trinajstić information content (AvgIpc) is 2.79. The van der Waals surface area contributed by atoms with Crippen molar-refractivity contribution in [2.24, 2.45) is 0 Å². The number of urea groups is 1. The molecule has 0 saturated carbocycles. The first kappa shape index (κ1) is 24.5. The van der Waals surface area contributed by atoms with E-state index in [0.29, 0.717) is 11.3 Å². The number of carboxylic acids is 1. The summed E-state index contributed by atoms with van der Waals surface area (Å²) in [5, 5.41) is 14.5. The monoisotopic (exact) mass is 465 g/mol. The number of nitrogens with zero attached hydrogens (tertiary/aromatic N) is 1. The fourth-order valence-electron chi connectivity index (χ4n) is 4.00. The normalized spacial score (nSPS) is 16.2. The van der Waals surface area contributed by atoms with Crippen LogP contribution < -0.4 is 15.4 Å². The van der Waals surface area contributed by atoms with Crippen LogP contribution in [0.2, 0.25) is 0 Å². The van der Waals surface area contributed by atoms with Crippen LogP contribution in [-0.4, -0.2) is 53.9 Å². The molecule has 0 fully saturated rings. The first-order valence-corrected chi connectivity index (χ1v) is 10.6. The largest absolute Gasteiger partial charge is 0.496 e. The van der Waals surface area contributed by atoms with Gasteiger partial charge in [0.2, 0.25) is 0 Å². The maximum absolute atomic E-state index is 12.7. The number of benzene rings is 2. The minimum absolute atomic E-state index is 0.403. The van der Waals surface area contributed by atoms with Crippen LogP contribution in [0, 0.1) is 13.8 Å². The van der Waals surface area contributed by atoms with Gasteiger partial charge in [-0.05, 0) is 42.2 Å². The smallest absolute Gasteiger partial charge is 0.316 e. The van der Waals surface area contributed by atoms with Crippen molar-refractivity contribution in [3.63, 3.8) is 0 Å². The molecule has 9 heteroatoms. The Kier molecular flexibility index (Phi) is 7.35. The van der Waals surface area contributed by atoms with E-state index in [9.17, 15) is 24.3 Å². The maximum atomic E-state index is 12.7. The summed E-state index contributed by atoms with van der Waals surface area (Å²) in [7, 11) is 3.03. The minimum Gasteiger partial charge on any atom is -0.496 e. The first-order valence-electron chi connectivity index (χ1n) is 10.6. The predicted molar refractivity (Wildman–Crippen MR) is 125 cm³/mol. The third kappa shape index (κ3) is 5.09. The molecule has 2 unspecified atom stereocenters. The van der Waals surface area contributed by atoms with Gasteiger partial charge in [0.15, 0.2) is 11.8 Å². The standard InChI is InChI=1S/C25H27N3O6/c1-14-7-5-6-8-16(14)22-15(2)17(9-10-20(22)34-4)18(13-21(30)31)26-25(33)27-23-19(29)11-12-28(3)24(23)32/h5-12,18,23H,13H2,1-4H3,(H,30,31)(H2,26,27,33). The first-order chi connectivity index (χ1) is 16.1. The zero-order valence-corrected chi connectivity index (χ0v) is 19.4. The van der Waals surface area contributed by atoms with Crippen molar-refractivity contribution in [1.82, 2.24) is 15.5 Å². The molecule has 0 aliphatic carbocycles. The van der Waals surface area contributed by atoms with Gasteiger partial charge in [-0.2, -0.15) is 0 Å². The average molecular weight is 466 g/mol. The summed E-state index contributed by atoms with van der Waals surface area (Å²) in [6.45, 7) is 3.80. The summed E-state index contributed by atoms with van der Waals surface area (Å²) in [5.41, 5.74) is 4.04. The van der Waals surface area contributed by atoms with E-state index < -0.39 is 42.2 Å². The van der Waals surface area contributed by atoms with E-state index >= 15 is 0 Å². The lowest BCUT2D eigenvalue weighted by molar-refractivity contribution is -0.138. The summed E-state index contributed by atoms with van der Waals surface area (Å²) in [4.78, 5) is 49.9. The molecular formula is C25H27N3O6. The van der Waals surface area contributed by atoms with Gasteiger partial charge in [-0.1, -0.05) is 30.3 Å². The summed E-state index contributed by atoms with van der Waals surface area (Å²) >= 11 is 0. The van der Waals surface area contributed by atoms with Crippen LogP contribution in [0.5, 0.6) is 5.75 Å². The van der Waals surface area contributed by atoms with Crippen molar-refractivity contribution in [2.75, 3.05) is 14.2 Å². The lowest BCUT2D eigenvalue weighted by atomic mass is 9.89. The van der Waals surface area contributed by atoms with Crippen molar-refractivity contribution >= 4 is 23.7 Å². The van der Waals surface area contributed by atoms with Gasteiger partial charge in [0.1, 0.15) is 5.75 Å². The molecule has 1 aliphatic rings. The lowest BCUT2D eigenvalue weighted by Gasteiger charge is -2.26. The van der Waals surface area contributed by atoms with E-state index in [-0.39, 0.29) is 0 Å². The number of methoxy groups -OCH3 is 1. The molecule has 0 radical (unpaired) electrons. The van der Waals surface area contributed by atoms with Crippen LogP contribution in [0.25, 0.3) is 11.1 Å². The molecule has 34 heavy (non-hydrogen) atoms. The molecule has 0 saturated heterocycles. The summed E-state index contributed by atoms with van der Waals surface area (Å²) < 4.78 is 5.56. The molecule has 9 nitrogen and oxygen atoms in total. The van der Waals surface area contributed by atoms with Gasteiger partial charge in [-0.25, -0.2) is 4.79 Å². The number of ketones is 1. The molecule has 2 atom stereocenters. The number of aryl methyl sites for hydroxylation is 1. The van der Waals surface area contributed by atoms with Crippen molar-refractivity contribution in [3.05, 3.63) is 65.4 Å². The highest BCUT2D eigenvalue weighted by Gasteiger charge is 2.33. The van der Waals surface area contributed by atoms with Gasteiger partial charge < -0.3 is 25.4 Å². The molecule has 3 N–H and O–H groups in total. The van der Waals surface area contributed by atoms with Crippen molar-refractivity contribution in [1.29, 1.82) is 0 Å². The number of aliphatic carboxylic acids is 1. The van der Waals surface area contributed by atoms with Crippen molar-refractivity contribution in [2.45, 2.75) is 32.4 Å². The van der Waals surface area contributed by atoms with Gasteiger partial charge in [-0.15, -0.1) is 0 Å². The third-order valence-corrected chi connectivity index (χ3v) is 5.78. The SMILES string of the molecule is COc1ccc(C(CC(=O)O)NC(=O)NC2C(=O)C=CN(C)C2=O)c(C)c1-c1ccccc1C. The van der Waals surface area contributed by atoms with E-state index in [0.717, 1.165) is 22.3 Å². The third-order valence-electron chi connectivity index (χ3n) is 5.78. The van der Waals surface area contributed by atoms with E-state index in [4.69, 9.17) is 4.74 Å². The second kappa shape index (κ2) is 10.2. The Labute approximate surface area is 197 Å². The van der Waals surface area contributed by atoms with E-state index in [2.05, 4.69) is 10.6 Å². The fraction of sp³-hybridized carbons (Fsp3) is 0.280. The second-order valence-electron chi connectivity index (χ2n) is 8.04. The van der Waals surface area contributed by atoms with Crippen LogP contribution in [0.4, 0.5) is 4.79 Å². The molecule has 0 spiro atoms. The van der Waals surface area contributed by atoms with Gasteiger partial charge in [0.05, 0.1) is 19.6 Å². The fourth-order valence-corrected chi connectivity index (χ4v) is 4.00. The van der Waals surface area contributed by atoms with Crippen molar-refractivity contribution < 1.29 is 29.0 Å².